The molecule has 208 valence electrons. The summed E-state index contributed by atoms with van der Waals surface area (Å²) in [6, 6.07) is 23.4. The number of ketones is 1. The standard InChI is InChI=1S/C31H27N3O6S/c1-39-21-14-15-23(25(17-21)40-2)32-30(37)28(26-13-8-16-41-26)34(18-20-9-4-3-5-10-20)27(35)19-33-24-12-7-6-11-22(24)29(36)31(33)38/h3-17,28H,18-19H2,1-2H3,(H,32,37). The number of methoxy groups -OCH3 is 2. The van der Waals surface area contributed by atoms with Crippen molar-refractivity contribution in [3.05, 3.63) is 106 Å². The Morgan fingerprint density at radius 1 is 0.927 bits per heavy atom. The van der Waals surface area contributed by atoms with Crippen LogP contribution in [0.3, 0.4) is 0 Å². The predicted octanol–water partition coefficient (Wildman–Crippen LogP) is 4.70. The molecule has 3 amide bonds. The molecular formula is C31H27N3O6S. The average molecular weight is 570 g/mol. The van der Waals surface area contributed by atoms with E-state index in [1.54, 1.807) is 54.6 Å². The van der Waals surface area contributed by atoms with Gasteiger partial charge in [0.15, 0.2) is 0 Å². The van der Waals surface area contributed by atoms with Crippen molar-refractivity contribution in [3.63, 3.8) is 0 Å². The Hall–Kier alpha value is -4.96. The molecule has 1 aliphatic heterocycles. The van der Waals surface area contributed by atoms with E-state index in [1.165, 1.54) is 35.4 Å². The Morgan fingerprint density at radius 3 is 2.39 bits per heavy atom. The second-order valence-corrected chi connectivity index (χ2v) is 10.2. The Kier molecular flexibility index (Phi) is 8.11. The van der Waals surface area contributed by atoms with Crippen LogP contribution in [0.1, 0.15) is 26.8 Å². The van der Waals surface area contributed by atoms with Crippen LogP contribution < -0.4 is 19.7 Å². The van der Waals surface area contributed by atoms with Crippen molar-refractivity contribution in [2.45, 2.75) is 12.6 Å². The predicted molar refractivity (Wildman–Crippen MR) is 155 cm³/mol. The van der Waals surface area contributed by atoms with Crippen LogP contribution in [-0.4, -0.2) is 49.2 Å². The number of amides is 3. The highest BCUT2D eigenvalue weighted by molar-refractivity contribution is 7.10. The van der Waals surface area contributed by atoms with Crippen LogP contribution in [0.5, 0.6) is 11.5 Å². The van der Waals surface area contributed by atoms with E-state index in [4.69, 9.17) is 9.47 Å². The summed E-state index contributed by atoms with van der Waals surface area (Å²) >= 11 is 1.33. The highest BCUT2D eigenvalue weighted by Gasteiger charge is 2.39. The van der Waals surface area contributed by atoms with Gasteiger partial charge in [0, 0.05) is 17.5 Å². The lowest BCUT2D eigenvalue weighted by atomic mass is 10.1. The zero-order valence-electron chi connectivity index (χ0n) is 22.4. The number of rotatable bonds is 10. The molecule has 1 unspecified atom stereocenters. The molecule has 10 heteroatoms. The summed E-state index contributed by atoms with van der Waals surface area (Å²) in [7, 11) is 3.02. The normalized spacial score (nSPS) is 13.0. The van der Waals surface area contributed by atoms with E-state index in [9.17, 15) is 19.2 Å². The van der Waals surface area contributed by atoms with E-state index in [0.717, 1.165) is 5.56 Å². The third-order valence-electron chi connectivity index (χ3n) is 6.73. The van der Waals surface area contributed by atoms with Crippen LogP contribution in [0.15, 0.2) is 90.3 Å². The maximum absolute atomic E-state index is 14.1. The van der Waals surface area contributed by atoms with Crippen molar-refractivity contribution in [1.29, 1.82) is 0 Å². The zero-order valence-corrected chi connectivity index (χ0v) is 23.2. The molecule has 4 aromatic rings. The highest BCUT2D eigenvalue weighted by atomic mass is 32.1. The van der Waals surface area contributed by atoms with E-state index in [1.807, 2.05) is 35.7 Å². The van der Waals surface area contributed by atoms with Gasteiger partial charge in [-0.3, -0.25) is 24.1 Å². The van der Waals surface area contributed by atoms with Gasteiger partial charge in [0.2, 0.25) is 5.91 Å². The number of anilines is 2. The number of carbonyl (C=O) groups excluding carboxylic acids is 4. The van der Waals surface area contributed by atoms with Gasteiger partial charge in [0.05, 0.1) is 31.2 Å². The number of nitrogens with one attached hydrogen (secondary N) is 1. The summed E-state index contributed by atoms with van der Waals surface area (Å²) in [6.45, 7) is -0.317. The molecule has 0 spiro atoms. The van der Waals surface area contributed by atoms with Crippen LogP contribution in [-0.2, 0) is 20.9 Å². The molecule has 5 rings (SSSR count). The molecule has 0 aliphatic carbocycles. The van der Waals surface area contributed by atoms with Crippen molar-refractivity contribution in [1.82, 2.24) is 4.90 Å². The first-order valence-corrected chi connectivity index (χ1v) is 13.6. The van der Waals surface area contributed by atoms with E-state index < -0.39 is 36.1 Å². The lowest BCUT2D eigenvalue weighted by molar-refractivity contribution is -0.138. The fraction of sp³-hybridized carbons (Fsp3) is 0.161. The number of carbonyl (C=O) groups is 4. The van der Waals surface area contributed by atoms with Gasteiger partial charge in [-0.05, 0) is 41.3 Å². The average Bonchev–Trinajstić information content (AvgIpc) is 3.61. The third kappa shape index (κ3) is 5.68. The lowest BCUT2D eigenvalue weighted by Crippen LogP contribution is -2.46. The second-order valence-electron chi connectivity index (χ2n) is 9.22. The van der Waals surface area contributed by atoms with Gasteiger partial charge in [0.25, 0.3) is 17.6 Å². The molecule has 1 N–H and O–H groups in total. The molecule has 3 aromatic carbocycles. The molecule has 0 fully saturated rings. The Labute approximate surface area is 240 Å². The summed E-state index contributed by atoms with van der Waals surface area (Å²) in [5.41, 5.74) is 1.82. The number of Topliss-reactive ketones (excluding diaryl/α,β-unsaturated/α-hetero) is 1. The van der Waals surface area contributed by atoms with Crippen molar-refractivity contribution in [3.8, 4) is 11.5 Å². The number of fused-ring (bicyclic) bond motifs is 1. The quantitative estimate of drug-likeness (QED) is 0.278. The number of benzene rings is 3. The summed E-state index contributed by atoms with van der Waals surface area (Å²) in [5.74, 6) is -1.46. The van der Waals surface area contributed by atoms with E-state index in [2.05, 4.69) is 5.32 Å². The molecular weight excluding hydrogens is 542 g/mol. The summed E-state index contributed by atoms with van der Waals surface area (Å²) < 4.78 is 10.7. The maximum Gasteiger partial charge on any atom is 0.299 e. The van der Waals surface area contributed by atoms with Crippen molar-refractivity contribution in [2.24, 2.45) is 0 Å². The van der Waals surface area contributed by atoms with E-state index >= 15 is 0 Å². The topological polar surface area (TPSA) is 105 Å². The largest absolute Gasteiger partial charge is 0.497 e. The first-order valence-electron chi connectivity index (χ1n) is 12.8. The van der Waals surface area contributed by atoms with Crippen molar-refractivity contribution < 1.29 is 28.7 Å². The molecule has 9 nitrogen and oxygen atoms in total. The molecule has 0 saturated carbocycles. The smallest absolute Gasteiger partial charge is 0.299 e. The van der Waals surface area contributed by atoms with Gasteiger partial charge in [-0.2, -0.15) is 0 Å². The summed E-state index contributed by atoms with van der Waals surface area (Å²) in [5, 5.41) is 4.73. The Bertz CT molecular complexity index is 1590. The maximum atomic E-state index is 14.1. The van der Waals surface area contributed by atoms with Gasteiger partial charge >= 0.3 is 0 Å². The Balaban J connectivity index is 1.51. The zero-order chi connectivity index (χ0) is 28.9. The van der Waals surface area contributed by atoms with E-state index in [-0.39, 0.29) is 12.1 Å². The summed E-state index contributed by atoms with van der Waals surface area (Å²) in [4.78, 5) is 56.8. The van der Waals surface area contributed by atoms with Crippen LogP contribution in [0.4, 0.5) is 11.4 Å². The SMILES string of the molecule is COc1ccc(NC(=O)C(c2cccs2)N(Cc2ccccc2)C(=O)CN2C(=O)C(=O)c3ccccc32)c(OC)c1. The molecule has 1 aliphatic rings. The number of hydrogen-bond donors (Lipinski definition) is 1. The molecule has 41 heavy (non-hydrogen) atoms. The molecule has 2 heterocycles. The first kappa shape index (κ1) is 27.6. The number of ether oxygens (including phenoxy) is 2. The molecule has 0 radical (unpaired) electrons. The van der Waals surface area contributed by atoms with Gasteiger partial charge in [-0.1, -0.05) is 48.5 Å². The van der Waals surface area contributed by atoms with Crippen molar-refractivity contribution in [2.75, 3.05) is 31.0 Å². The van der Waals surface area contributed by atoms with Gasteiger partial charge < -0.3 is 19.7 Å². The number of hydrogen-bond acceptors (Lipinski definition) is 7. The summed E-state index contributed by atoms with van der Waals surface area (Å²) in [6.07, 6.45) is 0. The second kappa shape index (κ2) is 12.1. The molecule has 1 aromatic heterocycles. The fourth-order valence-corrected chi connectivity index (χ4v) is 5.54. The number of thiophene rings is 1. The highest BCUT2D eigenvalue weighted by Crippen LogP contribution is 2.34. The van der Waals surface area contributed by atoms with Crippen LogP contribution in [0.25, 0.3) is 0 Å². The van der Waals surface area contributed by atoms with Crippen molar-refractivity contribution >= 4 is 46.2 Å². The number of para-hydroxylation sites is 1. The minimum absolute atomic E-state index is 0.0903. The number of nitrogens with zero attached hydrogens (tertiary/aromatic N) is 2. The first-order chi connectivity index (χ1) is 19.9. The van der Waals surface area contributed by atoms with Crippen LogP contribution >= 0.6 is 11.3 Å². The van der Waals surface area contributed by atoms with Crippen LogP contribution in [0.2, 0.25) is 0 Å². The third-order valence-corrected chi connectivity index (χ3v) is 7.65. The van der Waals surface area contributed by atoms with Gasteiger partial charge in [-0.15, -0.1) is 11.3 Å². The van der Waals surface area contributed by atoms with Crippen LogP contribution in [0, 0.1) is 0 Å². The van der Waals surface area contributed by atoms with Gasteiger partial charge in [-0.25, -0.2) is 0 Å². The Morgan fingerprint density at radius 2 is 1.68 bits per heavy atom. The minimum atomic E-state index is -1.04. The minimum Gasteiger partial charge on any atom is -0.497 e. The monoisotopic (exact) mass is 569 g/mol. The molecule has 0 saturated heterocycles. The fourth-order valence-electron chi connectivity index (χ4n) is 4.71. The van der Waals surface area contributed by atoms with E-state index in [0.29, 0.717) is 27.8 Å². The lowest BCUT2D eigenvalue weighted by Gasteiger charge is -2.32. The molecule has 0 bridgehead atoms. The van der Waals surface area contributed by atoms with Gasteiger partial charge in [0.1, 0.15) is 24.1 Å². The molecule has 1 atom stereocenters.